The zero-order chi connectivity index (χ0) is 22.1. The van der Waals surface area contributed by atoms with Crippen LogP contribution in [0.3, 0.4) is 0 Å². The SMILES string of the molecule is Cc1ncccc1O[C@@H]1COc2ccc(OCc3ccc4cc(F)ccc4n3)cc2[C@@H]1O. The van der Waals surface area contributed by atoms with E-state index >= 15 is 0 Å². The predicted octanol–water partition coefficient (Wildman–Crippen LogP) is 4.53. The smallest absolute Gasteiger partial charge is 0.163 e. The highest BCUT2D eigenvalue weighted by atomic mass is 19.1. The van der Waals surface area contributed by atoms with Gasteiger partial charge in [-0.1, -0.05) is 6.07 Å². The van der Waals surface area contributed by atoms with Gasteiger partial charge in [0, 0.05) is 17.1 Å². The minimum Gasteiger partial charge on any atom is -0.489 e. The third-order valence-corrected chi connectivity index (χ3v) is 5.39. The number of nitrogens with zero attached hydrogens (tertiary/aromatic N) is 2. The van der Waals surface area contributed by atoms with E-state index in [2.05, 4.69) is 9.97 Å². The van der Waals surface area contributed by atoms with Gasteiger partial charge in [0.1, 0.15) is 42.4 Å². The Balaban J connectivity index is 1.31. The summed E-state index contributed by atoms with van der Waals surface area (Å²) in [4.78, 5) is 8.72. The highest BCUT2D eigenvalue weighted by molar-refractivity contribution is 5.78. The maximum absolute atomic E-state index is 13.4. The van der Waals surface area contributed by atoms with E-state index < -0.39 is 12.2 Å². The fourth-order valence-electron chi connectivity index (χ4n) is 3.67. The fraction of sp³-hybridized carbons (Fsp3) is 0.200. The van der Waals surface area contributed by atoms with Gasteiger partial charge in [-0.2, -0.15) is 0 Å². The van der Waals surface area contributed by atoms with Gasteiger partial charge in [0.2, 0.25) is 0 Å². The highest BCUT2D eigenvalue weighted by Crippen LogP contribution is 2.37. The molecule has 2 atom stereocenters. The zero-order valence-corrected chi connectivity index (χ0v) is 17.4. The van der Waals surface area contributed by atoms with E-state index in [0.29, 0.717) is 34.0 Å². The van der Waals surface area contributed by atoms with Gasteiger partial charge in [0.25, 0.3) is 0 Å². The number of rotatable bonds is 5. The first-order valence-electron chi connectivity index (χ1n) is 10.3. The van der Waals surface area contributed by atoms with Crippen molar-refractivity contribution in [3.8, 4) is 17.2 Å². The number of hydrogen-bond donors (Lipinski definition) is 1. The second-order valence-corrected chi connectivity index (χ2v) is 7.63. The molecule has 5 rings (SSSR count). The van der Waals surface area contributed by atoms with Crippen LogP contribution >= 0.6 is 0 Å². The molecule has 0 bridgehead atoms. The molecule has 0 fully saturated rings. The minimum absolute atomic E-state index is 0.226. The Morgan fingerprint density at radius 2 is 2.03 bits per heavy atom. The zero-order valence-electron chi connectivity index (χ0n) is 17.4. The summed E-state index contributed by atoms with van der Waals surface area (Å²) in [5.41, 5.74) is 2.76. The Morgan fingerprint density at radius 3 is 2.91 bits per heavy atom. The average molecular weight is 432 g/mol. The molecule has 0 saturated heterocycles. The summed E-state index contributed by atoms with van der Waals surface area (Å²) in [5, 5.41) is 11.6. The molecule has 32 heavy (non-hydrogen) atoms. The summed E-state index contributed by atoms with van der Waals surface area (Å²) < 4.78 is 31.0. The molecular formula is C25H21FN2O4. The summed E-state index contributed by atoms with van der Waals surface area (Å²) in [6.45, 7) is 2.31. The van der Waals surface area contributed by atoms with E-state index in [1.165, 1.54) is 12.1 Å². The molecule has 1 aliphatic heterocycles. The molecule has 162 valence electrons. The van der Waals surface area contributed by atoms with Gasteiger partial charge < -0.3 is 19.3 Å². The van der Waals surface area contributed by atoms with Gasteiger partial charge in [-0.15, -0.1) is 0 Å². The lowest BCUT2D eigenvalue weighted by molar-refractivity contribution is -0.0109. The summed E-state index contributed by atoms with van der Waals surface area (Å²) in [6.07, 6.45) is 0.246. The number of aliphatic hydroxyl groups excluding tert-OH is 1. The third-order valence-electron chi connectivity index (χ3n) is 5.39. The van der Waals surface area contributed by atoms with Crippen molar-refractivity contribution in [3.63, 3.8) is 0 Å². The molecule has 0 unspecified atom stereocenters. The van der Waals surface area contributed by atoms with Crippen LogP contribution in [0.1, 0.15) is 23.1 Å². The molecule has 6 nitrogen and oxygen atoms in total. The van der Waals surface area contributed by atoms with Crippen LogP contribution in [0.5, 0.6) is 17.2 Å². The molecule has 0 radical (unpaired) electrons. The normalized spacial score (nSPS) is 17.5. The number of ether oxygens (including phenoxy) is 3. The van der Waals surface area contributed by atoms with Crippen molar-refractivity contribution in [2.45, 2.75) is 25.7 Å². The molecule has 3 heterocycles. The first-order chi connectivity index (χ1) is 15.6. The summed E-state index contributed by atoms with van der Waals surface area (Å²) in [7, 11) is 0. The maximum atomic E-state index is 13.4. The maximum Gasteiger partial charge on any atom is 0.163 e. The van der Waals surface area contributed by atoms with E-state index in [1.54, 1.807) is 42.6 Å². The highest BCUT2D eigenvalue weighted by Gasteiger charge is 2.32. The molecule has 0 saturated carbocycles. The largest absolute Gasteiger partial charge is 0.489 e. The topological polar surface area (TPSA) is 73.7 Å². The van der Waals surface area contributed by atoms with Gasteiger partial charge in [-0.25, -0.2) is 9.37 Å². The molecular weight excluding hydrogens is 411 g/mol. The van der Waals surface area contributed by atoms with Crippen LogP contribution in [0.15, 0.2) is 66.9 Å². The quantitative estimate of drug-likeness (QED) is 0.500. The van der Waals surface area contributed by atoms with Crippen LogP contribution in [0, 0.1) is 12.7 Å². The Kier molecular flexibility index (Phi) is 5.33. The minimum atomic E-state index is -0.879. The number of aryl methyl sites for hydroxylation is 1. The van der Waals surface area contributed by atoms with Gasteiger partial charge in [-0.3, -0.25) is 4.98 Å². The number of fused-ring (bicyclic) bond motifs is 2. The number of pyridine rings is 2. The van der Waals surface area contributed by atoms with Crippen LogP contribution in [-0.4, -0.2) is 27.8 Å². The Bertz CT molecular complexity index is 1280. The van der Waals surface area contributed by atoms with Crippen molar-refractivity contribution in [2.75, 3.05) is 6.61 Å². The van der Waals surface area contributed by atoms with Crippen molar-refractivity contribution < 1.29 is 23.7 Å². The van der Waals surface area contributed by atoms with Gasteiger partial charge in [0.15, 0.2) is 6.10 Å². The first kappa shape index (κ1) is 20.2. The Labute approximate surface area is 184 Å². The third kappa shape index (κ3) is 4.07. The molecule has 0 aliphatic carbocycles. The van der Waals surface area contributed by atoms with E-state index in [0.717, 1.165) is 11.1 Å². The molecule has 1 N–H and O–H groups in total. The molecule has 2 aromatic carbocycles. The summed E-state index contributed by atoms with van der Waals surface area (Å²) in [6, 6.07) is 17.0. The van der Waals surface area contributed by atoms with E-state index in [9.17, 15) is 9.50 Å². The fourth-order valence-corrected chi connectivity index (χ4v) is 3.67. The van der Waals surface area contributed by atoms with E-state index in [4.69, 9.17) is 14.2 Å². The number of benzene rings is 2. The summed E-state index contributed by atoms with van der Waals surface area (Å²) >= 11 is 0. The molecule has 4 aromatic rings. The van der Waals surface area contributed by atoms with E-state index in [-0.39, 0.29) is 19.0 Å². The number of aromatic nitrogens is 2. The Morgan fingerprint density at radius 1 is 1.12 bits per heavy atom. The number of hydrogen-bond acceptors (Lipinski definition) is 6. The van der Waals surface area contributed by atoms with Crippen LogP contribution < -0.4 is 14.2 Å². The monoisotopic (exact) mass is 432 g/mol. The van der Waals surface area contributed by atoms with Gasteiger partial charge >= 0.3 is 0 Å². The number of halogens is 1. The van der Waals surface area contributed by atoms with Crippen LogP contribution in [0.4, 0.5) is 4.39 Å². The lowest BCUT2D eigenvalue weighted by Gasteiger charge is -2.31. The lowest BCUT2D eigenvalue weighted by Crippen LogP contribution is -2.35. The van der Waals surface area contributed by atoms with Crippen molar-refractivity contribution in [1.82, 2.24) is 9.97 Å². The first-order valence-corrected chi connectivity index (χ1v) is 10.3. The molecule has 7 heteroatoms. The van der Waals surface area contributed by atoms with E-state index in [1.807, 2.05) is 19.1 Å². The van der Waals surface area contributed by atoms with Crippen molar-refractivity contribution >= 4 is 10.9 Å². The van der Waals surface area contributed by atoms with Crippen LogP contribution in [0.25, 0.3) is 10.9 Å². The lowest BCUT2D eigenvalue weighted by atomic mass is 10.0. The van der Waals surface area contributed by atoms with Crippen molar-refractivity contribution in [3.05, 3.63) is 89.6 Å². The molecule has 1 aliphatic rings. The molecule has 2 aromatic heterocycles. The second kappa shape index (κ2) is 8.43. The van der Waals surface area contributed by atoms with Crippen LogP contribution in [0.2, 0.25) is 0 Å². The average Bonchev–Trinajstić information content (AvgIpc) is 2.81. The van der Waals surface area contributed by atoms with Gasteiger partial charge in [0.05, 0.1) is 16.9 Å². The molecule has 0 spiro atoms. The molecule has 0 amide bonds. The van der Waals surface area contributed by atoms with Crippen molar-refractivity contribution in [2.24, 2.45) is 0 Å². The predicted molar refractivity (Wildman–Crippen MR) is 116 cm³/mol. The second-order valence-electron chi connectivity index (χ2n) is 7.63. The number of aliphatic hydroxyl groups is 1. The van der Waals surface area contributed by atoms with Crippen LogP contribution in [-0.2, 0) is 6.61 Å². The summed E-state index contributed by atoms with van der Waals surface area (Å²) in [5.74, 6) is 1.49. The standard InChI is InChI=1S/C25H21FN2O4/c1-15-22(3-2-10-27-15)32-24-14-31-23-9-7-19(12-20(23)25(24)29)30-13-18-6-4-16-11-17(26)5-8-21(16)28-18/h2-12,24-25,29H,13-14H2,1H3/t24-,25+/m1/s1. The Hall–Kier alpha value is -3.71. The van der Waals surface area contributed by atoms with Gasteiger partial charge in [-0.05, 0) is 61.5 Å². The van der Waals surface area contributed by atoms with Crippen molar-refractivity contribution in [1.29, 1.82) is 0 Å².